The van der Waals surface area contributed by atoms with Gasteiger partial charge in [0.2, 0.25) is 0 Å². The summed E-state index contributed by atoms with van der Waals surface area (Å²) in [5, 5.41) is 22.8. The van der Waals surface area contributed by atoms with Gasteiger partial charge in [0.05, 0.1) is 18.0 Å². The third-order valence-electron chi connectivity index (χ3n) is 3.11. The van der Waals surface area contributed by atoms with Crippen molar-refractivity contribution in [2.45, 2.75) is 0 Å². The number of aromatic carboxylic acids is 1. The Balaban J connectivity index is 1.77. The van der Waals surface area contributed by atoms with Crippen molar-refractivity contribution >= 4 is 28.8 Å². The minimum Gasteiger partial charge on any atom is -0.478 e. The van der Waals surface area contributed by atoms with Gasteiger partial charge in [0.1, 0.15) is 0 Å². The number of carboxylic acid groups (broad SMARTS) is 1. The molecule has 0 saturated carbocycles. The minimum absolute atomic E-state index is 0.241. The molecule has 0 atom stereocenters. The number of nitrogens with zero attached hydrogens (tertiary/aromatic N) is 3. The fraction of sp³-hybridized carbons (Fsp3) is 0. The Labute approximate surface area is 126 Å². The predicted octanol–water partition coefficient (Wildman–Crippen LogP) is 2.77. The van der Waals surface area contributed by atoms with Crippen LogP contribution in [0.3, 0.4) is 0 Å². The quantitative estimate of drug-likeness (QED) is 0.570. The second kappa shape index (κ2) is 6.01. The average molecular weight is 292 g/mol. The Morgan fingerprint density at radius 2 is 1.91 bits per heavy atom. The van der Waals surface area contributed by atoms with Crippen molar-refractivity contribution in [2.75, 3.05) is 5.43 Å². The molecular formula is C16H12N4O2. The minimum atomic E-state index is -0.951. The van der Waals surface area contributed by atoms with E-state index in [1.165, 1.54) is 12.1 Å². The molecule has 108 valence electrons. The van der Waals surface area contributed by atoms with Gasteiger partial charge >= 0.3 is 5.97 Å². The molecular weight excluding hydrogens is 280 g/mol. The molecule has 1 aromatic heterocycles. The van der Waals surface area contributed by atoms with Gasteiger partial charge in [-0.25, -0.2) is 4.79 Å². The standard InChI is InChI=1S/C16H12N4O2/c21-16(22)12-7-5-11(6-8-12)9-17-19-15-14-4-2-1-3-13(14)10-18-20-15/h1-10H,(H,19,20)(H,21,22). The van der Waals surface area contributed by atoms with Crippen LogP contribution in [0.2, 0.25) is 0 Å². The number of hydrazone groups is 1. The summed E-state index contributed by atoms with van der Waals surface area (Å²) in [7, 11) is 0. The van der Waals surface area contributed by atoms with Crippen LogP contribution in [0.1, 0.15) is 15.9 Å². The molecule has 0 saturated heterocycles. The van der Waals surface area contributed by atoms with Crippen LogP contribution in [-0.4, -0.2) is 27.5 Å². The van der Waals surface area contributed by atoms with Crippen molar-refractivity contribution < 1.29 is 9.90 Å². The molecule has 3 aromatic rings. The van der Waals surface area contributed by atoms with E-state index < -0.39 is 5.97 Å². The molecule has 0 spiro atoms. The first kappa shape index (κ1) is 13.7. The summed E-state index contributed by atoms with van der Waals surface area (Å²) < 4.78 is 0. The lowest BCUT2D eigenvalue weighted by Crippen LogP contribution is -1.98. The van der Waals surface area contributed by atoms with Crippen molar-refractivity contribution in [3.63, 3.8) is 0 Å². The summed E-state index contributed by atoms with van der Waals surface area (Å²) in [6.07, 6.45) is 3.28. The molecule has 0 aliphatic carbocycles. The highest BCUT2D eigenvalue weighted by molar-refractivity contribution is 5.92. The number of carboxylic acids is 1. The van der Waals surface area contributed by atoms with Gasteiger partial charge in [-0.3, -0.25) is 5.43 Å². The Bertz CT molecular complexity index is 839. The van der Waals surface area contributed by atoms with Gasteiger partial charge in [0, 0.05) is 10.8 Å². The van der Waals surface area contributed by atoms with Gasteiger partial charge in [-0.2, -0.15) is 10.2 Å². The molecule has 0 fully saturated rings. The molecule has 3 rings (SSSR count). The maximum atomic E-state index is 10.8. The third kappa shape index (κ3) is 2.90. The summed E-state index contributed by atoms with van der Waals surface area (Å²) >= 11 is 0. The van der Waals surface area contributed by atoms with Crippen LogP contribution in [0, 0.1) is 0 Å². The molecule has 22 heavy (non-hydrogen) atoms. The first-order chi connectivity index (χ1) is 10.7. The van der Waals surface area contributed by atoms with E-state index in [4.69, 9.17) is 5.11 Å². The van der Waals surface area contributed by atoms with Gasteiger partial charge in [0.15, 0.2) is 5.82 Å². The van der Waals surface area contributed by atoms with Gasteiger partial charge in [0.25, 0.3) is 0 Å². The zero-order chi connectivity index (χ0) is 15.4. The number of anilines is 1. The predicted molar refractivity (Wildman–Crippen MR) is 84.2 cm³/mol. The summed E-state index contributed by atoms with van der Waals surface area (Å²) in [5.74, 6) is -0.385. The van der Waals surface area contributed by atoms with E-state index in [0.717, 1.165) is 16.3 Å². The lowest BCUT2D eigenvalue weighted by molar-refractivity contribution is 0.0697. The fourth-order valence-corrected chi connectivity index (χ4v) is 1.99. The van der Waals surface area contributed by atoms with E-state index in [9.17, 15) is 4.79 Å². The number of nitrogens with one attached hydrogen (secondary N) is 1. The molecule has 0 aliphatic rings. The molecule has 6 heteroatoms. The van der Waals surface area contributed by atoms with E-state index in [1.807, 2.05) is 24.3 Å². The maximum absolute atomic E-state index is 10.8. The van der Waals surface area contributed by atoms with Crippen molar-refractivity contribution in [2.24, 2.45) is 5.10 Å². The monoisotopic (exact) mass is 292 g/mol. The number of hydrogen-bond donors (Lipinski definition) is 2. The van der Waals surface area contributed by atoms with E-state index >= 15 is 0 Å². The SMILES string of the molecule is O=C(O)c1ccc(C=NNc2nncc3ccccc23)cc1. The molecule has 2 aromatic carbocycles. The second-order valence-corrected chi connectivity index (χ2v) is 4.58. The summed E-state index contributed by atoms with van der Waals surface area (Å²) in [5.41, 5.74) is 3.88. The molecule has 0 aliphatic heterocycles. The van der Waals surface area contributed by atoms with E-state index in [0.29, 0.717) is 5.82 Å². The number of aromatic nitrogens is 2. The molecule has 1 heterocycles. The zero-order valence-electron chi connectivity index (χ0n) is 11.5. The highest BCUT2D eigenvalue weighted by Crippen LogP contribution is 2.18. The number of carbonyl (C=O) groups is 1. The normalized spacial score (nSPS) is 10.9. The Hall–Kier alpha value is -3.28. The second-order valence-electron chi connectivity index (χ2n) is 4.58. The first-order valence-electron chi connectivity index (χ1n) is 6.57. The average Bonchev–Trinajstić information content (AvgIpc) is 2.55. The molecule has 0 unspecified atom stereocenters. The number of benzene rings is 2. The van der Waals surface area contributed by atoms with Crippen molar-refractivity contribution in [3.8, 4) is 0 Å². The molecule has 6 nitrogen and oxygen atoms in total. The van der Waals surface area contributed by atoms with Gasteiger partial charge in [-0.15, -0.1) is 5.10 Å². The maximum Gasteiger partial charge on any atom is 0.335 e. The first-order valence-corrected chi connectivity index (χ1v) is 6.57. The fourth-order valence-electron chi connectivity index (χ4n) is 1.99. The zero-order valence-corrected chi connectivity index (χ0v) is 11.5. The van der Waals surface area contributed by atoms with E-state index in [1.54, 1.807) is 24.5 Å². The summed E-state index contributed by atoms with van der Waals surface area (Å²) in [6, 6.07) is 14.2. The van der Waals surface area contributed by atoms with E-state index in [-0.39, 0.29) is 5.56 Å². The Morgan fingerprint density at radius 1 is 1.14 bits per heavy atom. The lowest BCUT2D eigenvalue weighted by Gasteiger charge is -2.02. The van der Waals surface area contributed by atoms with Crippen LogP contribution in [0.5, 0.6) is 0 Å². The summed E-state index contributed by atoms with van der Waals surface area (Å²) in [4.78, 5) is 10.8. The highest BCUT2D eigenvalue weighted by atomic mass is 16.4. The van der Waals surface area contributed by atoms with Crippen LogP contribution in [0.25, 0.3) is 10.8 Å². The number of rotatable bonds is 4. The van der Waals surface area contributed by atoms with Crippen LogP contribution < -0.4 is 5.43 Å². The molecule has 0 radical (unpaired) electrons. The van der Waals surface area contributed by atoms with Crippen molar-refractivity contribution in [1.29, 1.82) is 0 Å². The van der Waals surface area contributed by atoms with Gasteiger partial charge < -0.3 is 5.11 Å². The Morgan fingerprint density at radius 3 is 2.68 bits per heavy atom. The number of hydrogen-bond acceptors (Lipinski definition) is 5. The van der Waals surface area contributed by atoms with E-state index in [2.05, 4.69) is 20.7 Å². The summed E-state index contributed by atoms with van der Waals surface area (Å²) in [6.45, 7) is 0. The Kier molecular flexibility index (Phi) is 3.74. The van der Waals surface area contributed by atoms with Crippen LogP contribution >= 0.6 is 0 Å². The largest absolute Gasteiger partial charge is 0.478 e. The molecule has 0 amide bonds. The third-order valence-corrected chi connectivity index (χ3v) is 3.11. The van der Waals surface area contributed by atoms with Gasteiger partial charge in [-0.1, -0.05) is 36.4 Å². The van der Waals surface area contributed by atoms with Crippen molar-refractivity contribution in [1.82, 2.24) is 10.2 Å². The topological polar surface area (TPSA) is 87.5 Å². The smallest absolute Gasteiger partial charge is 0.335 e. The number of fused-ring (bicyclic) bond motifs is 1. The van der Waals surface area contributed by atoms with Gasteiger partial charge in [-0.05, 0) is 17.7 Å². The highest BCUT2D eigenvalue weighted by Gasteiger charge is 2.02. The van der Waals surface area contributed by atoms with Crippen molar-refractivity contribution in [3.05, 3.63) is 65.9 Å². The molecule has 2 N–H and O–H groups in total. The van der Waals surface area contributed by atoms with Crippen LogP contribution in [-0.2, 0) is 0 Å². The van der Waals surface area contributed by atoms with Crippen LogP contribution in [0.15, 0.2) is 59.8 Å². The lowest BCUT2D eigenvalue weighted by atomic mass is 10.1. The van der Waals surface area contributed by atoms with Crippen LogP contribution in [0.4, 0.5) is 5.82 Å². The molecule has 0 bridgehead atoms.